The van der Waals surface area contributed by atoms with Crippen LogP contribution in [0.25, 0.3) is 11.1 Å². The lowest BCUT2D eigenvalue weighted by atomic mass is 10.0. The van der Waals surface area contributed by atoms with Gasteiger partial charge in [0, 0.05) is 11.3 Å². The second-order valence-electron chi connectivity index (χ2n) is 5.48. The van der Waals surface area contributed by atoms with Crippen molar-refractivity contribution in [3.63, 3.8) is 0 Å². The number of fused-ring (bicyclic) bond motifs is 1. The van der Waals surface area contributed by atoms with Crippen molar-refractivity contribution in [3.8, 4) is 5.88 Å². The number of benzene rings is 1. The number of aliphatic hydroxyl groups is 1. The van der Waals surface area contributed by atoms with Crippen molar-refractivity contribution >= 4 is 11.1 Å². The van der Waals surface area contributed by atoms with E-state index in [1.54, 1.807) is 7.11 Å². The third-order valence-electron chi connectivity index (χ3n) is 3.95. The minimum atomic E-state index is -0.781. The van der Waals surface area contributed by atoms with Gasteiger partial charge in [-0.05, 0) is 37.1 Å². The highest BCUT2D eigenvalue weighted by Crippen LogP contribution is 2.29. The van der Waals surface area contributed by atoms with Gasteiger partial charge in [0.05, 0.1) is 19.6 Å². The molecule has 5 nitrogen and oxygen atoms in total. The molecule has 5 heteroatoms. The Balaban J connectivity index is 1.91. The number of oxazole rings is 1. The summed E-state index contributed by atoms with van der Waals surface area (Å²) in [5.74, 6) is 0.947. The Hall–Kier alpha value is -2.40. The summed E-state index contributed by atoms with van der Waals surface area (Å²) in [6.45, 7) is 4.01. The number of para-hydroxylation sites is 2. The Kier molecular flexibility index (Phi) is 4.30. The van der Waals surface area contributed by atoms with Crippen molar-refractivity contribution in [1.29, 1.82) is 0 Å². The van der Waals surface area contributed by atoms with Crippen LogP contribution in [0.15, 0.2) is 34.7 Å². The molecule has 0 radical (unpaired) electrons. The summed E-state index contributed by atoms with van der Waals surface area (Å²) in [5, 5.41) is 10.6. The molecule has 1 aromatic carbocycles. The molecular weight excluding hydrogens is 292 g/mol. The van der Waals surface area contributed by atoms with Gasteiger partial charge in [0.15, 0.2) is 11.5 Å². The topological polar surface area (TPSA) is 68.4 Å². The van der Waals surface area contributed by atoms with E-state index in [9.17, 15) is 5.11 Å². The molecule has 120 valence electrons. The van der Waals surface area contributed by atoms with Gasteiger partial charge in [0.1, 0.15) is 5.52 Å². The predicted molar refractivity (Wildman–Crippen MR) is 87.6 cm³/mol. The number of ether oxygens (including phenoxy) is 1. The standard InChI is InChI=1S/C18H20N2O3/c1-4-12-9-13(18(22-3)19-11(12)2)15(21)10-17-20-14-7-5-6-8-16(14)23-17/h5-9,15,21H,4,10H2,1-3H3/t15-/m1/s1. The molecule has 0 aliphatic rings. The molecule has 0 unspecified atom stereocenters. The molecule has 0 saturated heterocycles. The first kappa shape index (κ1) is 15.5. The summed E-state index contributed by atoms with van der Waals surface area (Å²) in [5.41, 5.74) is 4.19. The lowest BCUT2D eigenvalue weighted by molar-refractivity contribution is 0.164. The van der Waals surface area contributed by atoms with E-state index in [2.05, 4.69) is 16.9 Å². The van der Waals surface area contributed by atoms with Crippen LogP contribution in [-0.2, 0) is 12.8 Å². The van der Waals surface area contributed by atoms with E-state index >= 15 is 0 Å². The fourth-order valence-electron chi connectivity index (χ4n) is 2.69. The van der Waals surface area contributed by atoms with Crippen molar-refractivity contribution in [3.05, 3.63) is 53.0 Å². The maximum absolute atomic E-state index is 10.6. The van der Waals surface area contributed by atoms with Crippen LogP contribution >= 0.6 is 0 Å². The zero-order valence-corrected chi connectivity index (χ0v) is 13.5. The minimum Gasteiger partial charge on any atom is -0.481 e. The molecule has 0 aliphatic heterocycles. The van der Waals surface area contributed by atoms with Crippen LogP contribution in [0.4, 0.5) is 0 Å². The van der Waals surface area contributed by atoms with E-state index in [1.807, 2.05) is 37.3 Å². The lowest BCUT2D eigenvalue weighted by Crippen LogP contribution is -2.08. The largest absolute Gasteiger partial charge is 0.481 e. The van der Waals surface area contributed by atoms with Crippen LogP contribution in [0.3, 0.4) is 0 Å². The van der Waals surface area contributed by atoms with E-state index in [4.69, 9.17) is 9.15 Å². The Bertz CT molecular complexity index is 793. The molecule has 3 rings (SSSR count). The molecule has 0 amide bonds. The SMILES string of the molecule is CCc1cc([C@H](O)Cc2nc3ccccc3o2)c(OC)nc1C. The van der Waals surface area contributed by atoms with Gasteiger partial charge in [-0.3, -0.25) is 0 Å². The van der Waals surface area contributed by atoms with E-state index < -0.39 is 6.10 Å². The molecule has 0 spiro atoms. The Labute approximate surface area is 135 Å². The summed E-state index contributed by atoms with van der Waals surface area (Å²) < 4.78 is 11.0. The zero-order chi connectivity index (χ0) is 16.4. The van der Waals surface area contributed by atoms with Gasteiger partial charge in [-0.1, -0.05) is 19.1 Å². The summed E-state index contributed by atoms with van der Waals surface area (Å²) >= 11 is 0. The second kappa shape index (κ2) is 6.38. The molecule has 0 fully saturated rings. The van der Waals surface area contributed by atoms with Crippen LogP contribution < -0.4 is 4.74 Å². The fraction of sp³-hybridized carbons (Fsp3) is 0.333. The summed E-state index contributed by atoms with van der Waals surface area (Å²) in [6, 6.07) is 9.51. The summed E-state index contributed by atoms with van der Waals surface area (Å²) in [6.07, 6.45) is 0.348. The fourth-order valence-corrected chi connectivity index (χ4v) is 2.69. The van der Waals surface area contributed by atoms with Gasteiger partial charge in [0.2, 0.25) is 5.88 Å². The number of aryl methyl sites for hydroxylation is 2. The smallest absolute Gasteiger partial charge is 0.219 e. The predicted octanol–water partition coefficient (Wildman–Crippen LogP) is 3.38. The van der Waals surface area contributed by atoms with Gasteiger partial charge < -0.3 is 14.3 Å². The molecule has 0 aliphatic carbocycles. The first-order chi connectivity index (χ1) is 11.1. The number of pyridine rings is 1. The summed E-state index contributed by atoms with van der Waals surface area (Å²) in [4.78, 5) is 8.84. The Morgan fingerprint density at radius 1 is 1.26 bits per heavy atom. The Morgan fingerprint density at radius 2 is 2.04 bits per heavy atom. The zero-order valence-electron chi connectivity index (χ0n) is 13.5. The third-order valence-corrected chi connectivity index (χ3v) is 3.95. The average Bonchev–Trinajstić information content (AvgIpc) is 2.96. The number of aromatic nitrogens is 2. The van der Waals surface area contributed by atoms with Gasteiger partial charge >= 0.3 is 0 Å². The highest BCUT2D eigenvalue weighted by atomic mass is 16.5. The maximum Gasteiger partial charge on any atom is 0.219 e. The molecule has 0 saturated carbocycles. The number of aliphatic hydroxyl groups excluding tert-OH is 1. The number of hydrogen-bond acceptors (Lipinski definition) is 5. The van der Waals surface area contributed by atoms with Crippen molar-refractivity contribution in [2.75, 3.05) is 7.11 Å². The van der Waals surface area contributed by atoms with Gasteiger partial charge in [-0.15, -0.1) is 0 Å². The highest BCUT2D eigenvalue weighted by Gasteiger charge is 2.20. The molecule has 1 N–H and O–H groups in total. The average molecular weight is 312 g/mol. The third kappa shape index (κ3) is 3.05. The van der Waals surface area contributed by atoms with E-state index in [-0.39, 0.29) is 6.42 Å². The van der Waals surface area contributed by atoms with Crippen molar-refractivity contribution < 1.29 is 14.3 Å². The molecule has 23 heavy (non-hydrogen) atoms. The van der Waals surface area contributed by atoms with Crippen molar-refractivity contribution in [1.82, 2.24) is 9.97 Å². The van der Waals surface area contributed by atoms with Gasteiger partial charge in [0.25, 0.3) is 0 Å². The molecule has 0 bridgehead atoms. The van der Waals surface area contributed by atoms with Crippen LogP contribution in [0, 0.1) is 6.92 Å². The first-order valence-electron chi connectivity index (χ1n) is 7.69. The van der Waals surface area contributed by atoms with Crippen LogP contribution in [0.1, 0.15) is 35.7 Å². The second-order valence-corrected chi connectivity index (χ2v) is 5.48. The summed E-state index contributed by atoms with van der Waals surface area (Å²) in [7, 11) is 1.56. The molecular formula is C18H20N2O3. The molecule has 2 aromatic heterocycles. The van der Waals surface area contributed by atoms with Crippen LogP contribution in [-0.4, -0.2) is 22.2 Å². The van der Waals surface area contributed by atoms with Gasteiger partial charge in [-0.25, -0.2) is 9.97 Å². The van der Waals surface area contributed by atoms with Crippen molar-refractivity contribution in [2.24, 2.45) is 0 Å². The van der Waals surface area contributed by atoms with E-state index in [0.29, 0.717) is 17.3 Å². The van der Waals surface area contributed by atoms with Crippen LogP contribution in [0.2, 0.25) is 0 Å². The molecule has 2 heterocycles. The number of nitrogens with zero attached hydrogens (tertiary/aromatic N) is 2. The van der Waals surface area contributed by atoms with Crippen LogP contribution in [0.5, 0.6) is 5.88 Å². The van der Waals surface area contributed by atoms with E-state index in [1.165, 1.54) is 0 Å². The van der Waals surface area contributed by atoms with E-state index in [0.717, 1.165) is 28.8 Å². The van der Waals surface area contributed by atoms with Gasteiger partial charge in [-0.2, -0.15) is 0 Å². The molecule has 1 atom stereocenters. The minimum absolute atomic E-state index is 0.277. The number of methoxy groups -OCH3 is 1. The molecule has 3 aromatic rings. The number of hydrogen-bond donors (Lipinski definition) is 1. The quantitative estimate of drug-likeness (QED) is 0.782. The number of rotatable bonds is 5. The monoisotopic (exact) mass is 312 g/mol. The first-order valence-corrected chi connectivity index (χ1v) is 7.69. The normalized spacial score (nSPS) is 12.5. The lowest BCUT2D eigenvalue weighted by Gasteiger charge is -2.15. The van der Waals surface area contributed by atoms with Crippen molar-refractivity contribution in [2.45, 2.75) is 32.8 Å². The maximum atomic E-state index is 10.6. The highest BCUT2D eigenvalue weighted by molar-refractivity contribution is 5.72. The Morgan fingerprint density at radius 3 is 2.74 bits per heavy atom.